The van der Waals surface area contributed by atoms with Gasteiger partial charge in [0.05, 0.1) is 31.6 Å². The third-order valence-electron chi connectivity index (χ3n) is 6.67. The van der Waals surface area contributed by atoms with Gasteiger partial charge in [-0.1, -0.05) is 23.4 Å². The molecule has 37 heavy (non-hydrogen) atoms. The van der Waals surface area contributed by atoms with Crippen molar-refractivity contribution in [3.63, 3.8) is 0 Å². The second-order valence-corrected chi connectivity index (χ2v) is 9.24. The van der Waals surface area contributed by atoms with Crippen LogP contribution in [0.15, 0.2) is 41.7 Å². The molecule has 1 aliphatic rings. The summed E-state index contributed by atoms with van der Waals surface area (Å²) in [6.07, 6.45) is 1.90. The first-order valence-corrected chi connectivity index (χ1v) is 12.5. The molecule has 1 aromatic heterocycles. The SMILES string of the molecule is CO[n+]1ccc2ccccc2c1CN1CCN(CC(N)=O)CCN(CCN=O)CCN(CC(=O)O)CC1. The summed E-state index contributed by atoms with van der Waals surface area (Å²) in [5.74, 6) is -1.27. The van der Waals surface area contributed by atoms with Gasteiger partial charge in [0.1, 0.15) is 7.11 Å². The van der Waals surface area contributed by atoms with Crippen molar-refractivity contribution in [3.8, 4) is 0 Å². The summed E-state index contributed by atoms with van der Waals surface area (Å²) < 4.78 is 1.76. The Hall–Kier alpha value is -3.19. The Balaban J connectivity index is 1.85. The van der Waals surface area contributed by atoms with Crippen LogP contribution in [0.25, 0.3) is 10.8 Å². The van der Waals surface area contributed by atoms with Gasteiger partial charge in [-0.2, -0.15) is 4.91 Å². The summed E-state index contributed by atoms with van der Waals surface area (Å²) in [7, 11) is 1.63. The van der Waals surface area contributed by atoms with E-state index in [9.17, 15) is 19.6 Å². The van der Waals surface area contributed by atoms with Crippen LogP contribution in [0.4, 0.5) is 0 Å². The number of aliphatic carboxylic acids is 1. The van der Waals surface area contributed by atoms with Gasteiger partial charge in [-0.3, -0.25) is 34.0 Å². The normalized spacial score (nSPS) is 17.6. The van der Waals surface area contributed by atoms with Crippen LogP contribution in [-0.2, 0) is 16.1 Å². The van der Waals surface area contributed by atoms with Crippen molar-refractivity contribution < 1.29 is 24.3 Å². The lowest BCUT2D eigenvalue weighted by molar-refractivity contribution is -0.890. The Labute approximate surface area is 217 Å². The summed E-state index contributed by atoms with van der Waals surface area (Å²) in [5.41, 5.74) is 6.52. The molecule has 0 atom stereocenters. The number of aromatic nitrogens is 1. The number of nitrogens with two attached hydrogens (primary N) is 1. The van der Waals surface area contributed by atoms with E-state index in [-0.39, 0.29) is 19.6 Å². The molecule has 1 aromatic carbocycles. The number of rotatable bonds is 10. The van der Waals surface area contributed by atoms with Gasteiger partial charge in [-0.25, -0.2) is 0 Å². The van der Waals surface area contributed by atoms with E-state index >= 15 is 0 Å². The molecular weight excluding hydrogens is 478 g/mol. The van der Waals surface area contributed by atoms with Crippen molar-refractivity contribution in [1.82, 2.24) is 19.6 Å². The van der Waals surface area contributed by atoms with Crippen molar-refractivity contribution in [2.24, 2.45) is 10.9 Å². The number of carboxylic acid groups (broad SMARTS) is 1. The first kappa shape index (κ1) is 28.4. The molecule has 0 aliphatic carbocycles. The van der Waals surface area contributed by atoms with E-state index in [1.807, 2.05) is 34.2 Å². The largest absolute Gasteiger partial charge is 0.480 e. The number of carbonyl (C=O) groups excluding carboxylic acids is 1. The lowest BCUT2D eigenvalue weighted by Gasteiger charge is -2.33. The van der Waals surface area contributed by atoms with E-state index in [1.165, 1.54) is 0 Å². The predicted molar refractivity (Wildman–Crippen MR) is 139 cm³/mol. The molecule has 1 aliphatic heterocycles. The number of fused-ring (bicyclic) bond motifs is 1. The van der Waals surface area contributed by atoms with Crippen LogP contribution in [-0.4, -0.2) is 122 Å². The van der Waals surface area contributed by atoms with Crippen LogP contribution in [0, 0.1) is 4.91 Å². The van der Waals surface area contributed by atoms with Crippen LogP contribution in [0.3, 0.4) is 0 Å². The quantitative estimate of drug-likeness (QED) is 0.309. The van der Waals surface area contributed by atoms with Gasteiger partial charge >= 0.3 is 5.97 Å². The Morgan fingerprint density at radius 2 is 1.54 bits per heavy atom. The van der Waals surface area contributed by atoms with Crippen LogP contribution in [0.2, 0.25) is 0 Å². The Kier molecular flexibility index (Phi) is 11.1. The molecule has 1 saturated heterocycles. The highest BCUT2D eigenvalue weighted by atomic mass is 16.6. The maximum Gasteiger partial charge on any atom is 0.317 e. The highest BCUT2D eigenvalue weighted by Crippen LogP contribution is 2.17. The number of hydrogen-bond donors (Lipinski definition) is 2. The number of nitrogens with zero attached hydrogens (tertiary/aromatic N) is 6. The number of carbonyl (C=O) groups is 2. The molecule has 0 radical (unpaired) electrons. The van der Waals surface area contributed by atoms with Gasteiger partial charge in [0.15, 0.2) is 0 Å². The minimum Gasteiger partial charge on any atom is -0.480 e. The van der Waals surface area contributed by atoms with E-state index in [0.717, 1.165) is 16.5 Å². The number of amides is 1. The molecule has 2 heterocycles. The summed E-state index contributed by atoms with van der Waals surface area (Å²) in [6.45, 7) is 6.11. The average molecular weight is 517 g/mol. The van der Waals surface area contributed by atoms with E-state index in [0.29, 0.717) is 65.4 Å². The van der Waals surface area contributed by atoms with Crippen molar-refractivity contribution >= 4 is 22.6 Å². The number of carboxylic acids is 1. The number of hydrogen-bond acceptors (Lipinski definition) is 9. The Morgan fingerprint density at radius 3 is 2.14 bits per heavy atom. The zero-order chi connectivity index (χ0) is 26.6. The standard InChI is InChI=1S/C25H37N7O5/c1-37-32-8-6-21-4-2-3-5-22(21)23(32)18-29-14-16-30(19-24(26)33)12-10-28(9-7-27-36)11-13-31(17-15-29)20-25(34)35/h2-6,8H,7,9-20H2,1H3,(H2-,26,33,34,35)/p+1. The second kappa shape index (κ2) is 14.5. The van der Waals surface area contributed by atoms with Gasteiger partial charge in [-0.05, 0) is 11.5 Å². The van der Waals surface area contributed by atoms with Crippen molar-refractivity contribution in [2.45, 2.75) is 6.54 Å². The van der Waals surface area contributed by atoms with Gasteiger partial charge in [0.25, 0.3) is 5.69 Å². The third kappa shape index (κ3) is 9.01. The molecule has 1 amide bonds. The fourth-order valence-electron chi connectivity index (χ4n) is 4.67. The third-order valence-corrected chi connectivity index (χ3v) is 6.67. The van der Waals surface area contributed by atoms with Gasteiger partial charge in [0, 0.05) is 69.7 Å². The maximum absolute atomic E-state index is 11.8. The molecule has 0 bridgehead atoms. The number of nitroso groups, excluding NO2 is 1. The molecule has 3 rings (SSSR count). The topological polar surface area (TPSA) is 136 Å². The first-order chi connectivity index (χ1) is 17.9. The lowest BCUT2D eigenvalue weighted by Crippen LogP contribution is -2.50. The molecule has 2 aromatic rings. The predicted octanol–water partition coefficient (Wildman–Crippen LogP) is -0.756. The van der Waals surface area contributed by atoms with E-state index in [2.05, 4.69) is 27.1 Å². The second-order valence-electron chi connectivity index (χ2n) is 9.24. The Morgan fingerprint density at radius 1 is 0.946 bits per heavy atom. The monoisotopic (exact) mass is 516 g/mol. The van der Waals surface area contributed by atoms with Crippen LogP contribution >= 0.6 is 0 Å². The van der Waals surface area contributed by atoms with Crippen LogP contribution in [0.5, 0.6) is 0 Å². The lowest BCUT2D eigenvalue weighted by atomic mass is 10.1. The van der Waals surface area contributed by atoms with Crippen LogP contribution < -0.4 is 15.3 Å². The molecule has 0 unspecified atom stereocenters. The van der Waals surface area contributed by atoms with Gasteiger partial charge < -0.3 is 10.8 Å². The zero-order valence-electron chi connectivity index (χ0n) is 21.5. The molecule has 0 saturated carbocycles. The number of primary amides is 1. The van der Waals surface area contributed by atoms with Gasteiger partial charge in [-0.15, -0.1) is 0 Å². The maximum atomic E-state index is 11.8. The summed E-state index contributed by atoms with van der Waals surface area (Å²) in [5, 5.41) is 14.6. The van der Waals surface area contributed by atoms with Gasteiger partial charge in [0.2, 0.25) is 12.1 Å². The average Bonchev–Trinajstić information content (AvgIpc) is 2.87. The fraction of sp³-hybridized carbons (Fsp3) is 0.560. The highest BCUT2D eigenvalue weighted by molar-refractivity contribution is 5.83. The number of pyridine rings is 1. The molecule has 3 N–H and O–H groups in total. The molecule has 12 heteroatoms. The molecule has 0 spiro atoms. The smallest absolute Gasteiger partial charge is 0.317 e. The minimum atomic E-state index is -0.876. The Bertz CT molecular complexity index is 1020. The molecule has 202 valence electrons. The van der Waals surface area contributed by atoms with Crippen molar-refractivity contribution in [2.75, 3.05) is 85.6 Å². The summed E-state index contributed by atoms with van der Waals surface area (Å²) >= 11 is 0. The van der Waals surface area contributed by atoms with E-state index < -0.39 is 11.9 Å². The van der Waals surface area contributed by atoms with E-state index in [1.54, 1.807) is 11.8 Å². The summed E-state index contributed by atoms with van der Waals surface area (Å²) in [6, 6.07) is 10.1. The van der Waals surface area contributed by atoms with Crippen molar-refractivity contribution in [1.29, 1.82) is 0 Å². The fourth-order valence-corrected chi connectivity index (χ4v) is 4.67. The molecule has 1 fully saturated rings. The highest BCUT2D eigenvalue weighted by Gasteiger charge is 2.23. The van der Waals surface area contributed by atoms with Crippen molar-refractivity contribution in [3.05, 3.63) is 47.1 Å². The first-order valence-electron chi connectivity index (χ1n) is 12.5. The van der Waals surface area contributed by atoms with E-state index in [4.69, 9.17) is 10.6 Å². The van der Waals surface area contributed by atoms with Crippen LogP contribution in [0.1, 0.15) is 5.69 Å². The number of benzene rings is 1. The molecule has 12 nitrogen and oxygen atoms in total. The molecular formula is C25H38N7O5+. The minimum absolute atomic E-state index is 0.0618. The zero-order valence-corrected chi connectivity index (χ0v) is 21.5. The summed E-state index contributed by atoms with van der Waals surface area (Å²) in [4.78, 5) is 47.9.